The van der Waals surface area contributed by atoms with E-state index >= 15 is 0 Å². The number of thioether (sulfide) groups is 1. The Hall–Kier alpha value is -2.02. The number of urea groups is 1. The molecule has 2 rings (SSSR count). The summed E-state index contributed by atoms with van der Waals surface area (Å²) in [6, 6.07) is 7.50. The van der Waals surface area contributed by atoms with Crippen molar-refractivity contribution in [3.63, 3.8) is 0 Å². The first kappa shape index (κ1) is 18.3. The van der Waals surface area contributed by atoms with Gasteiger partial charge in [-0.05, 0) is 18.6 Å². The molecule has 130 valence electrons. The fraction of sp³-hybridized carbons (Fsp3) is 0.471. The van der Waals surface area contributed by atoms with Crippen molar-refractivity contribution in [3.05, 3.63) is 24.3 Å². The van der Waals surface area contributed by atoms with Crippen LogP contribution in [0.2, 0.25) is 0 Å². The molecule has 0 aliphatic rings. The average Bonchev–Trinajstić information content (AvgIpc) is 2.94. The number of imide groups is 1. The van der Waals surface area contributed by atoms with E-state index in [1.54, 1.807) is 0 Å². The van der Waals surface area contributed by atoms with Gasteiger partial charge in [0.2, 0.25) is 5.91 Å². The van der Waals surface area contributed by atoms with E-state index in [0.29, 0.717) is 0 Å². The molecule has 0 saturated carbocycles. The molecular weight excluding hydrogens is 324 g/mol. The van der Waals surface area contributed by atoms with Crippen molar-refractivity contribution in [2.24, 2.45) is 0 Å². The van der Waals surface area contributed by atoms with Gasteiger partial charge in [-0.15, -0.1) is 0 Å². The zero-order valence-corrected chi connectivity index (χ0v) is 15.0. The van der Waals surface area contributed by atoms with E-state index in [0.717, 1.165) is 29.2 Å². The van der Waals surface area contributed by atoms with Crippen molar-refractivity contribution in [1.82, 2.24) is 20.2 Å². The maximum Gasteiger partial charge on any atom is 0.321 e. The molecule has 0 unspecified atom stereocenters. The SMILES string of the molecule is CCCCCCn1c(SCC(=O)NC(=O)NC)nc2ccccc21. The van der Waals surface area contributed by atoms with Gasteiger partial charge in [-0.2, -0.15) is 0 Å². The summed E-state index contributed by atoms with van der Waals surface area (Å²) < 4.78 is 2.17. The Morgan fingerprint density at radius 3 is 2.75 bits per heavy atom. The van der Waals surface area contributed by atoms with E-state index in [9.17, 15) is 9.59 Å². The molecule has 24 heavy (non-hydrogen) atoms. The summed E-state index contributed by atoms with van der Waals surface area (Å²) in [5.74, 6) is -0.171. The quantitative estimate of drug-likeness (QED) is 0.567. The van der Waals surface area contributed by atoms with Crippen molar-refractivity contribution in [1.29, 1.82) is 0 Å². The number of carbonyl (C=O) groups is 2. The summed E-state index contributed by atoms with van der Waals surface area (Å²) in [5, 5.41) is 5.45. The monoisotopic (exact) mass is 348 g/mol. The van der Waals surface area contributed by atoms with Gasteiger partial charge >= 0.3 is 6.03 Å². The first-order valence-electron chi connectivity index (χ1n) is 8.25. The molecular formula is C17H24N4O2S. The topological polar surface area (TPSA) is 76.0 Å². The van der Waals surface area contributed by atoms with Gasteiger partial charge in [-0.25, -0.2) is 9.78 Å². The molecule has 0 fully saturated rings. The molecule has 0 spiro atoms. The molecule has 2 aromatic rings. The van der Waals surface area contributed by atoms with E-state index < -0.39 is 6.03 Å². The fourth-order valence-electron chi connectivity index (χ4n) is 2.43. The van der Waals surface area contributed by atoms with Gasteiger partial charge in [0, 0.05) is 13.6 Å². The first-order chi connectivity index (χ1) is 11.7. The van der Waals surface area contributed by atoms with Crippen LogP contribution in [0.4, 0.5) is 4.79 Å². The molecule has 0 saturated heterocycles. The molecule has 1 aromatic carbocycles. The van der Waals surface area contributed by atoms with Crippen LogP contribution in [0.25, 0.3) is 11.0 Å². The molecule has 2 N–H and O–H groups in total. The predicted octanol–water partition coefficient (Wildman–Crippen LogP) is 3.16. The molecule has 0 aliphatic carbocycles. The average molecular weight is 348 g/mol. The Labute approximate surface area is 146 Å². The van der Waals surface area contributed by atoms with Gasteiger partial charge in [0.1, 0.15) is 0 Å². The van der Waals surface area contributed by atoms with Crippen LogP contribution in [0, 0.1) is 0 Å². The number of hydrogen-bond donors (Lipinski definition) is 2. The van der Waals surface area contributed by atoms with Crippen LogP contribution in [0.5, 0.6) is 0 Å². The third kappa shape index (κ3) is 4.99. The van der Waals surface area contributed by atoms with Gasteiger partial charge in [0.15, 0.2) is 5.16 Å². The van der Waals surface area contributed by atoms with Gasteiger partial charge in [0.05, 0.1) is 16.8 Å². The zero-order chi connectivity index (χ0) is 17.4. The molecule has 3 amide bonds. The summed E-state index contributed by atoms with van der Waals surface area (Å²) in [6.07, 6.45) is 4.70. The van der Waals surface area contributed by atoms with Crippen LogP contribution >= 0.6 is 11.8 Å². The number of amides is 3. The first-order valence-corrected chi connectivity index (χ1v) is 9.24. The number of imidazole rings is 1. The Morgan fingerprint density at radius 1 is 1.21 bits per heavy atom. The van der Waals surface area contributed by atoms with Crippen molar-refractivity contribution in [2.45, 2.75) is 44.3 Å². The van der Waals surface area contributed by atoms with E-state index in [-0.39, 0.29) is 11.7 Å². The fourth-order valence-corrected chi connectivity index (χ4v) is 3.27. The number of nitrogens with zero attached hydrogens (tertiary/aromatic N) is 2. The molecule has 0 atom stereocenters. The lowest BCUT2D eigenvalue weighted by Crippen LogP contribution is -2.38. The highest BCUT2D eigenvalue weighted by atomic mass is 32.2. The van der Waals surface area contributed by atoms with Crippen LogP contribution in [0.15, 0.2) is 29.4 Å². The second kappa shape index (κ2) is 9.32. The lowest BCUT2D eigenvalue weighted by Gasteiger charge is -2.09. The number of aryl methyl sites for hydroxylation is 1. The van der Waals surface area contributed by atoms with Gasteiger partial charge in [-0.3, -0.25) is 10.1 Å². The van der Waals surface area contributed by atoms with Gasteiger partial charge < -0.3 is 9.88 Å². The molecule has 1 heterocycles. The second-order valence-corrected chi connectivity index (χ2v) is 6.45. The highest BCUT2D eigenvalue weighted by Crippen LogP contribution is 2.24. The zero-order valence-electron chi connectivity index (χ0n) is 14.2. The summed E-state index contributed by atoms with van der Waals surface area (Å²) in [6.45, 7) is 3.08. The van der Waals surface area contributed by atoms with E-state index in [4.69, 9.17) is 0 Å². The summed E-state index contributed by atoms with van der Waals surface area (Å²) in [7, 11) is 1.48. The Kier molecular flexibility index (Phi) is 7.11. The Morgan fingerprint density at radius 2 is 2.00 bits per heavy atom. The Bertz CT molecular complexity index is 699. The van der Waals surface area contributed by atoms with Crippen molar-refractivity contribution in [2.75, 3.05) is 12.8 Å². The minimum atomic E-state index is -0.492. The number of carbonyl (C=O) groups excluding carboxylic acids is 2. The van der Waals surface area contributed by atoms with Crippen LogP contribution in [0.3, 0.4) is 0 Å². The smallest absolute Gasteiger partial charge is 0.321 e. The Balaban J connectivity index is 2.07. The van der Waals surface area contributed by atoms with Crippen LogP contribution in [-0.4, -0.2) is 34.3 Å². The van der Waals surface area contributed by atoms with Crippen molar-refractivity contribution >= 4 is 34.7 Å². The number of para-hydroxylation sites is 2. The minimum absolute atomic E-state index is 0.158. The number of hydrogen-bond acceptors (Lipinski definition) is 4. The third-order valence-corrected chi connectivity index (χ3v) is 4.64. The maximum atomic E-state index is 11.8. The lowest BCUT2D eigenvalue weighted by atomic mass is 10.2. The number of nitrogens with one attached hydrogen (secondary N) is 2. The van der Waals surface area contributed by atoms with Crippen molar-refractivity contribution < 1.29 is 9.59 Å². The number of unbranched alkanes of at least 4 members (excludes halogenated alkanes) is 3. The predicted molar refractivity (Wildman–Crippen MR) is 97.2 cm³/mol. The van der Waals surface area contributed by atoms with Crippen LogP contribution < -0.4 is 10.6 Å². The number of fused-ring (bicyclic) bond motifs is 1. The van der Waals surface area contributed by atoms with Crippen LogP contribution in [-0.2, 0) is 11.3 Å². The molecule has 0 bridgehead atoms. The molecule has 0 radical (unpaired) electrons. The third-order valence-electron chi connectivity index (χ3n) is 3.67. The summed E-state index contributed by atoms with van der Waals surface area (Å²) >= 11 is 1.36. The van der Waals surface area contributed by atoms with Gasteiger partial charge in [-0.1, -0.05) is 50.1 Å². The maximum absolute atomic E-state index is 11.8. The highest BCUT2D eigenvalue weighted by molar-refractivity contribution is 7.99. The number of aromatic nitrogens is 2. The number of rotatable bonds is 8. The second-order valence-electron chi connectivity index (χ2n) is 5.51. The highest BCUT2D eigenvalue weighted by Gasteiger charge is 2.13. The molecule has 1 aromatic heterocycles. The van der Waals surface area contributed by atoms with E-state index in [2.05, 4.69) is 33.2 Å². The molecule has 0 aliphatic heterocycles. The standard InChI is InChI=1S/C17H24N4O2S/c1-3-4-5-8-11-21-14-10-7-6-9-13(14)19-17(21)24-12-15(22)20-16(23)18-2/h6-7,9-10H,3-5,8,11-12H2,1-2H3,(H2,18,20,22,23). The lowest BCUT2D eigenvalue weighted by molar-refractivity contribution is -0.117. The summed E-state index contributed by atoms with van der Waals surface area (Å²) in [4.78, 5) is 27.6. The van der Waals surface area contributed by atoms with Crippen molar-refractivity contribution in [3.8, 4) is 0 Å². The normalized spacial score (nSPS) is 10.8. The van der Waals surface area contributed by atoms with Crippen LogP contribution in [0.1, 0.15) is 32.6 Å². The molecule has 6 nitrogen and oxygen atoms in total. The largest absolute Gasteiger partial charge is 0.341 e. The van der Waals surface area contributed by atoms with Gasteiger partial charge in [0.25, 0.3) is 0 Å². The number of benzene rings is 1. The van der Waals surface area contributed by atoms with E-state index in [1.807, 2.05) is 18.2 Å². The van der Waals surface area contributed by atoms with E-state index in [1.165, 1.54) is 38.1 Å². The molecule has 7 heteroatoms. The minimum Gasteiger partial charge on any atom is -0.341 e. The summed E-state index contributed by atoms with van der Waals surface area (Å²) in [5.41, 5.74) is 2.02.